The first kappa shape index (κ1) is 15.6. The Hall–Kier alpha value is -2.44. The molecule has 0 aliphatic heterocycles. The Morgan fingerprint density at radius 3 is 2.40 bits per heavy atom. The Morgan fingerprint density at radius 1 is 1.25 bits per heavy atom. The van der Waals surface area contributed by atoms with E-state index in [0.29, 0.717) is 11.5 Å². The van der Waals surface area contributed by atoms with E-state index in [1.54, 1.807) is 13.0 Å². The quantitative estimate of drug-likeness (QED) is 0.582. The largest absolute Gasteiger partial charge is 0.497 e. The van der Waals surface area contributed by atoms with Crippen molar-refractivity contribution in [3.8, 4) is 11.5 Å². The van der Waals surface area contributed by atoms with Crippen LogP contribution in [0.2, 0.25) is 0 Å². The van der Waals surface area contributed by atoms with E-state index in [9.17, 15) is 9.59 Å². The number of anilines is 1. The summed E-state index contributed by atoms with van der Waals surface area (Å²) in [5.41, 5.74) is 11.2. The summed E-state index contributed by atoms with van der Waals surface area (Å²) in [5, 5.41) is 0. The number of carbonyl (C=O) groups excluding carboxylic acids is 2. The summed E-state index contributed by atoms with van der Waals surface area (Å²) < 4.78 is 15.1. The van der Waals surface area contributed by atoms with Crippen molar-refractivity contribution < 1.29 is 23.8 Å². The van der Waals surface area contributed by atoms with Gasteiger partial charge >= 0.3 is 5.97 Å². The van der Waals surface area contributed by atoms with Crippen molar-refractivity contribution in [3.05, 3.63) is 17.7 Å². The normalized spacial score (nSPS) is 11.6. The minimum atomic E-state index is -0.673. The fourth-order valence-electron chi connectivity index (χ4n) is 1.42. The first-order valence-electron chi connectivity index (χ1n) is 5.88. The molecule has 1 amide bonds. The lowest BCUT2D eigenvalue weighted by Gasteiger charge is -2.13. The number of amides is 1. The zero-order valence-corrected chi connectivity index (χ0v) is 11.6. The lowest BCUT2D eigenvalue weighted by molar-refractivity contribution is -0.122. The molecule has 0 aliphatic rings. The first-order valence-corrected chi connectivity index (χ1v) is 5.88. The Morgan fingerprint density at radius 2 is 1.90 bits per heavy atom. The van der Waals surface area contributed by atoms with Crippen LogP contribution in [0.3, 0.4) is 0 Å². The predicted octanol–water partition coefficient (Wildman–Crippen LogP) is 0.564. The van der Waals surface area contributed by atoms with Crippen LogP contribution >= 0.6 is 0 Å². The highest BCUT2D eigenvalue weighted by atomic mass is 16.5. The SMILES string of the molecule is COc1cc(OC)c(N)c(C(=O)OCC(C)C(N)=O)c1. The van der Waals surface area contributed by atoms with Gasteiger partial charge in [-0.25, -0.2) is 4.79 Å². The summed E-state index contributed by atoms with van der Waals surface area (Å²) in [7, 11) is 2.88. The third-order valence-electron chi connectivity index (χ3n) is 2.74. The molecule has 7 heteroatoms. The third kappa shape index (κ3) is 3.53. The van der Waals surface area contributed by atoms with Gasteiger partial charge in [0.05, 0.1) is 31.4 Å². The predicted molar refractivity (Wildman–Crippen MR) is 72.6 cm³/mol. The minimum Gasteiger partial charge on any atom is -0.497 e. The van der Waals surface area contributed by atoms with E-state index < -0.39 is 17.8 Å². The Bertz CT molecular complexity index is 516. The molecule has 0 radical (unpaired) electrons. The van der Waals surface area contributed by atoms with E-state index in [2.05, 4.69) is 0 Å². The average Bonchev–Trinajstić information content (AvgIpc) is 2.44. The summed E-state index contributed by atoms with van der Waals surface area (Å²) in [6.07, 6.45) is 0. The van der Waals surface area contributed by atoms with Crippen LogP contribution in [0.1, 0.15) is 17.3 Å². The van der Waals surface area contributed by atoms with Crippen molar-refractivity contribution in [2.24, 2.45) is 11.7 Å². The second kappa shape index (κ2) is 6.65. The van der Waals surface area contributed by atoms with Gasteiger partial charge in [0.25, 0.3) is 0 Å². The fourth-order valence-corrected chi connectivity index (χ4v) is 1.42. The summed E-state index contributed by atoms with van der Waals surface area (Å²) in [4.78, 5) is 22.8. The van der Waals surface area contributed by atoms with Gasteiger partial charge in [0, 0.05) is 6.07 Å². The first-order chi connectivity index (χ1) is 9.40. The Balaban J connectivity index is 2.94. The van der Waals surface area contributed by atoms with Gasteiger partial charge in [-0.2, -0.15) is 0 Å². The molecule has 0 saturated carbocycles. The summed E-state index contributed by atoms with van der Waals surface area (Å²) >= 11 is 0. The zero-order chi connectivity index (χ0) is 15.3. The van der Waals surface area contributed by atoms with E-state index in [-0.39, 0.29) is 17.9 Å². The zero-order valence-electron chi connectivity index (χ0n) is 11.6. The molecule has 7 nitrogen and oxygen atoms in total. The minimum absolute atomic E-state index is 0.109. The number of ether oxygens (including phenoxy) is 3. The molecule has 1 aromatic rings. The smallest absolute Gasteiger partial charge is 0.340 e. The van der Waals surface area contributed by atoms with Gasteiger partial charge in [0.1, 0.15) is 18.1 Å². The van der Waals surface area contributed by atoms with Crippen molar-refractivity contribution in [1.29, 1.82) is 0 Å². The second-order valence-corrected chi connectivity index (χ2v) is 4.19. The van der Waals surface area contributed by atoms with Gasteiger partial charge < -0.3 is 25.7 Å². The standard InChI is InChI=1S/C13H18N2O5/c1-7(12(15)16)6-20-13(17)9-4-8(18-2)5-10(19-3)11(9)14/h4-5,7H,6,14H2,1-3H3,(H2,15,16). The number of methoxy groups -OCH3 is 2. The van der Waals surface area contributed by atoms with Crippen LogP contribution in [-0.4, -0.2) is 32.7 Å². The van der Waals surface area contributed by atoms with Crippen LogP contribution in [0.15, 0.2) is 12.1 Å². The molecule has 0 saturated heterocycles. The number of rotatable bonds is 6. The van der Waals surface area contributed by atoms with Gasteiger partial charge in [0.2, 0.25) is 5.91 Å². The molecule has 4 N–H and O–H groups in total. The highest BCUT2D eigenvalue weighted by Crippen LogP contribution is 2.31. The molecule has 1 atom stereocenters. The maximum Gasteiger partial charge on any atom is 0.340 e. The Kier molecular flexibility index (Phi) is 5.19. The maximum atomic E-state index is 12.0. The highest BCUT2D eigenvalue weighted by molar-refractivity contribution is 5.97. The molecule has 110 valence electrons. The van der Waals surface area contributed by atoms with Gasteiger partial charge in [-0.05, 0) is 6.07 Å². The van der Waals surface area contributed by atoms with Crippen LogP contribution in [0.4, 0.5) is 5.69 Å². The summed E-state index contributed by atoms with van der Waals surface area (Å²) in [5.74, 6) is -1.08. The number of benzene rings is 1. The molecule has 0 aliphatic carbocycles. The molecule has 1 aromatic carbocycles. The number of primary amides is 1. The van der Waals surface area contributed by atoms with E-state index in [1.165, 1.54) is 20.3 Å². The van der Waals surface area contributed by atoms with E-state index >= 15 is 0 Å². The van der Waals surface area contributed by atoms with Crippen LogP contribution in [-0.2, 0) is 9.53 Å². The maximum absolute atomic E-state index is 12.0. The molecule has 0 fully saturated rings. The van der Waals surface area contributed by atoms with Gasteiger partial charge in [-0.3, -0.25) is 4.79 Å². The molecule has 20 heavy (non-hydrogen) atoms. The molecule has 0 spiro atoms. The van der Waals surface area contributed by atoms with Crippen LogP contribution in [0.5, 0.6) is 11.5 Å². The van der Waals surface area contributed by atoms with Crippen LogP contribution in [0, 0.1) is 5.92 Å². The number of esters is 1. The molecular weight excluding hydrogens is 264 g/mol. The summed E-state index contributed by atoms with van der Waals surface area (Å²) in [6, 6.07) is 2.99. The van der Waals surface area contributed by atoms with E-state index in [4.69, 9.17) is 25.7 Å². The third-order valence-corrected chi connectivity index (χ3v) is 2.74. The van der Waals surface area contributed by atoms with Crippen molar-refractivity contribution in [3.63, 3.8) is 0 Å². The highest BCUT2D eigenvalue weighted by Gasteiger charge is 2.19. The molecular formula is C13H18N2O5. The topological polar surface area (TPSA) is 114 Å². The van der Waals surface area contributed by atoms with E-state index in [1.807, 2.05) is 0 Å². The second-order valence-electron chi connectivity index (χ2n) is 4.19. The van der Waals surface area contributed by atoms with Gasteiger partial charge in [-0.15, -0.1) is 0 Å². The molecule has 0 aromatic heterocycles. The Labute approximate surface area is 116 Å². The number of hydrogen-bond acceptors (Lipinski definition) is 6. The summed E-state index contributed by atoms with van der Waals surface area (Å²) in [6.45, 7) is 1.44. The number of nitrogen functional groups attached to an aromatic ring is 1. The van der Waals surface area contributed by atoms with Crippen LogP contribution in [0.25, 0.3) is 0 Å². The van der Waals surface area contributed by atoms with Crippen molar-refractivity contribution >= 4 is 17.6 Å². The molecule has 0 bridgehead atoms. The van der Waals surface area contributed by atoms with Crippen molar-refractivity contribution in [2.45, 2.75) is 6.92 Å². The van der Waals surface area contributed by atoms with E-state index in [0.717, 1.165) is 0 Å². The number of nitrogens with two attached hydrogens (primary N) is 2. The molecule has 1 rings (SSSR count). The van der Waals surface area contributed by atoms with Crippen molar-refractivity contribution in [1.82, 2.24) is 0 Å². The molecule has 0 heterocycles. The number of carbonyl (C=O) groups is 2. The monoisotopic (exact) mass is 282 g/mol. The average molecular weight is 282 g/mol. The fraction of sp³-hybridized carbons (Fsp3) is 0.385. The van der Waals surface area contributed by atoms with Crippen molar-refractivity contribution in [2.75, 3.05) is 26.6 Å². The lowest BCUT2D eigenvalue weighted by Crippen LogP contribution is -2.26. The number of hydrogen-bond donors (Lipinski definition) is 2. The van der Waals surface area contributed by atoms with Gasteiger partial charge in [0.15, 0.2) is 0 Å². The lowest BCUT2D eigenvalue weighted by atomic mass is 10.1. The van der Waals surface area contributed by atoms with Crippen LogP contribution < -0.4 is 20.9 Å². The van der Waals surface area contributed by atoms with Gasteiger partial charge in [-0.1, -0.05) is 6.92 Å². The molecule has 1 unspecified atom stereocenters.